The van der Waals surface area contributed by atoms with Crippen molar-refractivity contribution in [1.29, 1.82) is 0 Å². The molecule has 2 amide bonds. The van der Waals surface area contributed by atoms with Gasteiger partial charge in [-0.25, -0.2) is 0 Å². The quantitative estimate of drug-likeness (QED) is 0.793. The van der Waals surface area contributed by atoms with Gasteiger partial charge in [0.05, 0.1) is 12.0 Å². The first-order valence-corrected chi connectivity index (χ1v) is 9.72. The Kier molecular flexibility index (Phi) is 4.97. The standard InChI is InChI=1S/C20H33N3O2/c1-13(2)12-15-17(20(15,3)4)19(25)22-10-7-14(8-11-22)23-9-5-6-16(23)18(21)24/h12,14-17H,5-11H2,1-4H3,(H2,21,24). The maximum absolute atomic E-state index is 13.0. The minimum atomic E-state index is -0.194. The first kappa shape index (κ1) is 18.4. The van der Waals surface area contributed by atoms with Crippen LogP contribution in [0, 0.1) is 17.3 Å². The first-order valence-electron chi connectivity index (χ1n) is 9.72. The molecule has 0 aromatic heterocycles. The molecule has 2 N–H and O–H groups in total. The normalized spacial score (nSPS) is 32.5. The number of hydrogen-bond acceptors (Lipinski definition) is 3. The van der Waals surface area contributed by atoms with Gasteiger partial charge in [-0.2, -0.15) is 0 Å². The predicted molar refractivity (Wildman–Crippen MR) is 98.7 cm³/mol. The Morgan fingerprint density at radius 3 is 2.28 bits per heavy atom. The van der Waals surface area contributed by atoms with Crippen LogP contribution in [0.2, 0.25) is 0 Å². The molecule has 25 heavy (non-hydrogen) atoms. The molecule has 0 aromatic carbocycles. The molecular formula is C20H33N3O2. The Morgan fingerprint density at radius 2 is 1.72 bits per heavy atom. The molecule has 2 aliphatic heterocycles. The van der Waals surface area contributed by atoms with E-state index in [9.17, 15) is 9.59 Å². The number of piperidine rings is 1. The van der Waals surface area contributed by atoms with Gasteiger partial charge in [-0.1, -0.05) is 25.5 Å². The van der Waals surface area contributed by atoms with E-state index in [1.165, 1.54) is 5.57 Å². The zero-order valence-corrected chi connectivity index (χ0v) is 16.1. The summed E-state index contributed by atoms with van der Waals surface area (Å²) < 4.78 is 0. The van der Waals surface area contributed by atoms with E-state index < -0.39 is 0 Å². The second-order valence-corrected chi connectivity index (χ2v) is 8.92. The Morgan fingerprint density at radius 1 is 1.08 bits per heavy atom. The van der Waals surface area contributed by atoms with Gasteiger partial charge in [0.15, 0.2) is 0 Å². The molecule has 3 unspecified atom stereocenters. The number of primary amides is 1. The molecule has 3 fully saturated rings. The fraction of sp³-hybridized carbons (Fsp3) is 0.800. The number of nitrogens with zero attached hydrogens (tertiary/aromatic N) is 2. The lowest BCUT2D eigenvalue weighted by Gasteiger charge is -2.38. The number of amides is 2. The zero-order chi connectivity index (χ0) is 18.4. The molecule has 5 heteroatoms. The van der Waals surface area contributed by atoms with Crippen molar-refractivity contribution in [3.63, 3.8) is 0 Å². The molecule has 3 rings (SSSR count). The van der Waals surface area contributed by atoms with Crippen molar-refractivity contribution < 1.29 is 9.59 Å². The predicted octanol–water partition coefficient (Wildman–Crippen LogP) is 2.17. The third kappa shape index (κ3) is 3.48. The minimum absolute atomic E-state index is 0.0806. The highest BCUT2D eigenvalue weighted by molar-refractivity contribution is 5.84. The van der Waals surface area contributed by atoms with E-state index >= 15 is 0 Å². The molecule has 0 aromatic rings. The topological polar surface area (TPSA) is 66.6 Å². The molecule has 0 bridgehead atoms. The van der Waals surface area contributed by atoms with E-state index in [0.717, 1.165) is 45.3 Å². The number of likely N-dealkylation sites (tertiary alicyclic amines) is 2. The molecule has 1 saturated carbocycles. The number of nitrogens with two attached hydrogens (primary N) is 1. The van der Waals surface area contributed by atoms with Crippen molar-refractivity contribution in [2.75, 3.05) is 19.6 Å². The van der Waals surface area contributed by atoms with Crippen LogP contribution in [0.25, 0.3) is 0 Å². The van der Waals surface area contributed by atoms with Crippen LogP contribution in [0.5, 0.6) is 0 Å². The average Bonchev–Trinajstić information content (AvgIpc) is 2.92. The maximum Gasteiger partial charge on any atom is 0.234 e. The van der Waals surface area contributed by atoms with Gasteiger partial charge in [0.25, 0.3) is 0 Å². The summed E-state index contributed by atoms with van der Waals surface area (Å²) in [7, 11) is 0. The van der Waals surface area contributed by atoms with Crippen LogP contribution in [0.15, 0.2) is 11.6 Å². The van der Waals surface area contributed by atoms with Gasteiger partial charge in [0, 0.05) is 19.1 Å². The highest BCUT2D eigenvalue weighted by atomic mass is 16.2. The van der Waals surface area contributed by atoms with Gasteiger partial charge < -0.3 is 10.6 Å². The summed E-state index contributed by atoms with van der Waals surface area (Å²) in [6.07, 6.45) is 6.10. The summed E-state index contributed by atoms with van der Waals surface area (Å²) in [4.78, 5) is 28.9. The van der Waals surface area contributed by atoms with Crippen molar-refractivity contribution in [1.82, 2.24) is 9.80 Å². The third-order valence-electron chi connectivity index (χ3n) is 6.56. The summed E-state index contributed by atoms with van der Waals surface area (Å²) in [5, 5.41) is 0. The van der Waals surface area contributed by atoms with E-state index in [4.69, 9.17) is 5.73 Å². The SMILES string of the molecule is CC(C)=CC1C(C(=O)N2CCC(N3CCCC3C(N)=O)CC2)C1(C)C. The number of carbonyl (C=O) groups is 2. The second kappa shape index (κ2) is 6.75. The van der Waals surface area contributed by atoms with E-state index in [1.807, 2.05) is 0 Å². The molecule has 3 aliphatic rings. The lowest BCUT2D eigenvalue weighted by atomic mass is 10.0. The smallest absolute Gasteiger partial charge is 0.234 e. The van der Waals surface area contributed by atoms with Crippen LogP contribution in [0.1, 0.15) is 53.4 Å². The van der Waals surface area contributed by atoms with Gasteiger partial charge in [0.2, 0.25) is 11.8 Å². The Bertz CT molecular complexity index is 571. The summed E-state index contributed by atoms with van der Waals surface area (Å²) in [6, 6.07) is 0.293. The van der Waals surface area contributed by atoms with Crippen LogP contribution in [0.4, 0.5) is 0 Å². The molecule has 140 valence electrons. The van der Waals surface area contributed by atoms with E-state index in [2.05, 4.69) is 43.6 Å². The minimum Gasteiger partial charge on any atom is -0.368 e. The van der Waals surface area contributed by atoms with Crippen LogP contribution < -0.4 is 5.73 Å². The first-order chi connectivity index (χ1) is 11.7. The molecule has 1 aliphatic carbocycles. The van der Waals surface area contributed by atoms with Crippen LogP contribution in [-0.4, -0.2) is 53.3 Å². The molecular weight excluding hydrogens is 314 g/mol. The number of allylic oxidation sites excluding steroid dienone is 2. The van der Waals surface area contributed by atoms with Gasteiger partial charge >= 0.3 is 0 Å². The lowest BCUT2D eigenvalue weighted by molar-refractivity contribution is -0.135. The molecule has 0 spiro atoms. The zero-order valence-electron chi connectivity index (χ0n) is 16.1. The molecule has 5 nitrogen and oxygen atoms in total. The molecule has 2 saturated heterocycles. The fourth-order valence-corrected chi connectivity index (χ4v) is 4.97. The second-order valence-electron chi connectivity index (χ2n) is 8.92. The Hall–Kier alpha value is -1.36. The number of rotatable bonds is 4. The highest BCUT2D eigenvalue weighted by Gasteiger charge is 2.61. The highest BCUT2D eigenvalue weighted by Crippen LogP contribution is 2.60. The van der Waals surface area contributed by atoms with Crippen molar-refractivity contribution in [2.45, 2.75) is 65.5 Å². The van der Waals surface area contributed by atoms with E-state index in [-0.39, 0.29) is 23.3 Å². The van der Waals surface area contributed by atoms with Gasteiger partial charge in [-0.15, -0.1) is 0 Å². The lowest BCUT2D eigenvalue weighted by Crippen LogP contribution is -2.51. The van der Waals surface area contributed by atoms with Gasteiger partial charge in [0.1, 0.15) is 0 Å². The van der Waals surface area contributed by atoms with Crippen molar-refractivity contribution in [2.24, 2.45) is 23.0 Å². The third-order valence-corrected chi connectivity index (χ3v) is 6.56. The maximum atomic E-state index is 13.0. The van der Waals surface area contributed by atoms with Crippen molar-refractivity contribution >= 4 is 11.8 Å². The van der Waals surface area contributed by atoms with Crippen molar-refractivity contribution in [3.05, 3.63) is 11.6 Å². The van der Waals surface area contributed by atoms with Crippen molar-refractivity contribution in [3.8, 4) is 0 Å². The number of hydrogen-bond donors (Lipinski definition) is 1. The summed E-state index contributed by atoms with van der Waals surface area (Å²) in [5.41, 5.74) is 6.92. The van der Waals surface area contributed by atoms with Gasteiger partial charge in [-0.3, -0.25) is 14.5 Å². The van der Waals surface area contributed by atoms with Crippen LogP contribution >= 0.6 is 0 Å². The molecule has 3 atom stereocenters. The van der Waals surface area contributed by atoms with E-state index in [0.29, 0.717) is 17.9 Å². The largest absolute Gasteiger partial charge is 0.368 e. The Labute approximate surface area is 151 Å². The van der Waals surface area contributed by atoms with Gasteiger partial charge in [-0.05, 0) is 57.4 Å². The number of carbonyl (C=O) groups excluding carboxylic acids is 2. The average molecular weight is 348 g/mol. The Balaban J connectivity index is 1.57. The van der Waals surface area contributed by atoms with Crippen LogP contribution in [-0.2, 0) is 9.59 Å². The molecule has 2 heterocycles. The molecule has 0 radical (unpaired) electrons. The fourth-order valence-electron chi connectivity index (χ4n) is 4.97. The van der Waals surface area contributed by atoms with E-state index in [1.54, 1.807) is 0 Å². The monoisotopic (exact) mass is 347 g/mol. The summed E-state index contributed by atoms with van der Waals surface area (Å²) in [6.45, 7) is 11.2. The summed E-state index contributed by atoms with van der Waals surface area (Å²) in [5.74, 6) is 0.628. The van der Waals surface area contributed by atoms with Crippen LogP contribution in [0.3, 0.4) is 0 Å². The summed E-state index contributed by atoms with van der Waals surface area (Å²) >= 11 is 0.